The van der Waals surface area contributed by atoms with Gasteiger partial charge < -0.3 is 10.6 Å². The second kappa shape index (κ2) is 5.21. The minimum absolute atomic E-state index is 0.641. The normalized spacial score (nSPS) is 15.8. The second-order valence-electron chi connectivity index (χ2n) is 5.16. The van der Waals surface area contributed by atoms with Crippen LogP contribution in [0.5, 0.6) is 0 Å². The zero-order valence-electron chi connectivity index (χ0n) is 11.2. The predicted octanol–water partition coefficient (Wildman–Crippen LogP) is 3.77. The van der Waals surface area contributed by atoms with Crippen LogP contribution in [-0.2, 0) is 0 Å². The number of hydrogen-bond donors (Lipinski definition) is 1. The molecule has 2 aromatic rings. The Balaban J connectivity index is 1.98. The fraction of sp³-hybridized carbons (Fsp3) is 0.400. The Morgan fingerprint density at radius 2 is 1.89 bits per heavy atom. The molecule has 3 rings (SSSR count). The van der Waals surface area contributed by atoms with E-state index in [4.69, 9.17) is 5.73 Å². The molecular weight excluding hydrogens is 254 g/mol. The van der Waals surface area contributed by atoms with E-state index >= 15 is 0 Å². The number of anilines is 2. The van der Waals surface area contributed by atoms with Crippen LogP contribution in [0, 0.1) is 0 Å². The van der Waals surface area contributed by atoms with Crippen molar-refractivity contribution in [2.24, 2.45) is 0 Å². The second-order valence-corrected chi connectivity index (χ2v) is 5.92. The first-order chi connectivity index (χ1) is 9.27. The van der Waals surface area contributed by atoms with E-state index in [0.717, 1.165) is 11.1 Å². The van der Waals surface area contributed by atoms with E-state index in [9.17, 15) is 0 Å². The van der Waals surface area contributed by atoms with Gasteiger partial charge in [0.05, 0.1) is 5.56 Å². The summed E-state index contributed by atoms with van der Waals surface area (Å²) in [5.41, 5.74) is 8.34. The van der Waals surface area contributed by atoms with E-state index in [1.54, 1.807) is 0 Å². The van der Waals surface area contributed by atoms with Crippen molar-refractivity contribution in [1.29, 1.82) is 0 Å². The first-order valence-electron chi connectivity index (χ1n) is 6.81. The van der Waals surface area contributed by atoms with Gasteiger partial charge >= 0.3 is 0 Å². The van der Waals surface area contributed by atoms with Crippen LogP contribution in [0.2, 0.25) is 0 Å². The highest BCUT2D eigenvalue weighted by atomic mass is 32.1. The molecule has 1 saturated carbocycles. The predicted molar refractivity (Wildman–Crippen MR) is 82.6 cm³/mol. The molecule has 0 aliphatic heterocycles. The lowest BCUT2D eigenvalue weighted by Crippen LogP contribution is -2.28. The summed E-state index contributed by atoms with van der Waals surface area (Å²) in [4.78, 5) is 2.38. The number of nitrogen functional groups attached to an aromatic ring is 1. The summed E-state index contributed by atoms with van der Waals surface area (Å²) in [6.45, 7) is 0. The van der Waals surface area contributed by atoms with Gasteiger partial charge in [-0.2, -0.15) is 4.37 Å². The molecule has 2 N–H and O–H groups in total. The van der Waals surface area contributed by atoms with E-state index in [1.807, 2.05) is 18.2 Å². The molecule has 0 unspecified atom stereocenters. The minimum atomic E-state index is 0.641. The van der Waals surface area contributed by atoms with Crippen LogP contribution in [0.25, 0.3) is 11.1 Å². The van der Waals surface area contributed by atoms with E-state index in [-0.39, 0.29) is 0 Å². The van der Waals surface area contributed by atoms with Gasteiger partial charge in [0, 0.05) is 13.1 Å². The Morgan fingerprint density at radius 3 is 2.58 bits per heavy atom. The van der Waals surface area contributed by atoms with Gasteiger partial charge in [-0.05, 0) is 29.9 Å². The van der Waals surface area contributed by atoms with Crippen LogP contribution in [-0.4, -0.2) is 17.5 Å². The van der Waals surface area contributed by atoms with Crippen molar-refractivity contribution in [3.05, 3.63) is 30.3 Å². The number of aromatic nitrogens is 1. The summed E-state index contributed by atoms with van der Waals surface area (Å²) in [5, 5.41) is 1.20. The topological polar surface area (TPSA) is 42.2 Å². The van der Waals surface area contributed by atoms with Gasteiger partial charge in [-0.1, -0.05) is 43.2 Å². The van der Waals surface area contributed by atoms with Gasteiger partial charge in [-0.15, -0.1) is 0 Å². The summed E-state index contributed by atoms with van der Waals surface area (Å²) in [6.07, 6.45) is 5.24. The Labute approximate surface area is 118 Å². The molecule has 4 heteroatoms. The van der Waals surface area contributed by atoms with Crippen LogP contribution in [0.3, 0.4) is 0 Å². The van der Waals surface area contributed by atoms with Crippen molar-refractivity contribution in [2.75, 3.05) is 17.7 Å². The molecule has 0 bridgehead atoms. The van der Waals surface area contributed by atoms with Crippen LogP contribution in [0.15, 0.2) is 30.3 Å². The number of nitrogens with two attached hydrogens (primary N) is 1. The molecule has 0 atom stereocenters. The van der Waals surface area contributed by atoms with Crippen LogP contribution in [0.1, 0.15) is 25.7 Å². The van der Waals surface area contributed by atoms with E-state index in [1.165, 1.54) is 42.2 Å². The lowest BCUT2D eigenvalue weighted by atomic mass is 10.1. The van der Waals surface area contributed by atoms with Crippen molar-refractivity contribution in [1.82, 2.24) is 4.37 Å². The van der Waals surface area contributed by atoms with Crippen molar-refractivity contribution in [3.63, 3.8) is 0 Å². The lowest BCUT2D eigenvalue weighted by molar-refractivity contribution is 0.658. The van der Waals surface area contributed by atoms with Crippen LogP contribution >= 0.6 is 11.5 Å². The SMILES string of the molecule is CN(c1snc(N)c1-c1ccccc1)C1CCCC1. The first-order valence-corrected chi connectivity index (χ1v) is 7.58. The lowest BCUT2D eigenvalue weighted by Gasteiger charge is -2.25. The van der Waals surface area contributed by atoms with E-state index in [2.05, 4.69) is 28.5 Å². The molecule has 1 heterocycles. The summed E-state index contributed by atoms with van der Waals surface area (Å²) in [5.74, 6) is 0.649. The molecule has 0 amide bonds. The third-order valence-electron chi connectivity index (χ3n) is 3.96. The van der Waals surface area contributed by atoms with Gasteiger partial charge in [0.2, 0.25) is 0 Å². The number of rotatable bonds is 3. The van der Waals surface area contributed by atoms with Crippen molar-refractivity contribution < 1.29 is 0 Å². The molecule has 1 aromatic heterocycles. The molecule has 1 fully saturated rings. The molecule has 0 spiro atoms. The highest BCUT2D eigenvalue weighted by molar-refractivity contribution is 7.11. The Morgan fingerprint density at radius 1 is 1.21 bits per heavy atom. The number of nitrogens with zero attached hydrogens (tertiary/aromatic N) is 2. The largest absolute Gasteiger partial charge is 0.382 e. The third kappa shape index (κ3) is 2.32. The van der Waals surface area contributed by atoms with E-state index < -0.39 is 0 Å². The van der Waals surface area contributed by atoms with Gasteiger partial charge in [-0.25, -0.2) is 0 Å². The zero-order valence-corrected chi connectivity index (χ0v) is 12.0. The summed E-state index contributed by atoms with van der Waals surface area (Å²) >= 11 is 1.52. The molecule has 0 saturated heterocycles. The summed E-state index contributed by atoms with van der Waals surface area (Å²) in [6, 6.07) is 11.0. The molecule has 100 valence electrons. The average Bonchev–Trinajstić information content (AvgIpc) is 3.08. The summed E-state index contributed by atoms with van der Waals surface area (Å²) < 4.78 is 4.36. The quantitative estimate of drug-likeness (QED) is 0.925. The van der Waals surface area contributed by atoms with Crippen molar-refractivity contribution in [3.8, 4) is 11.1 Å². The maximum absolute atomic E-state index is 6.08. The highest BCUT2D eigenvalue weighted by Gasteiger charge is 2.24. The highest BCUT2D eigenvalue weighted by Crippen LogP contribution is 2.41. The Hall–Kier alpha value is -1.55. The van der Waals surface area contributed by atoms with Gasteiger partial charge in [0.25, 0.3) is 0 Å². The van der Waals surface area contributed by atoms with Crippen molar-refractivity contribution >= 4 is 22.4 Å². The molecule has 3 nitrogen and oxygen atoms in total. The standard InChI is InChI=1S/C15H19N3S/c1-18(12-9-5-6-10-12)15-13(14(16)17-19-15)11-7-3-2-4-8-11/h2-4,7-8,12H,5-6,9-10H2,1H3,(H2,16,17). The minimum Gasteiger partial charge on any atom is -0.382 e. The summed E-state index contributed by atoms with van der Waals surface area (Å²) in [7, 11) is 2.18. The maximum Gasteiger partial charge on any atom is 0.147 e. The number of hydrogen-bond acceptors (Lipinski definition) is 4. The van der Waals surface area contributed by atoms with Crippen LogP contribution in [0.4, 0.5) is 10.8 Å². The Bertz CT molecular complexity index is 544. The molecule has 1 aromatic carbocycles. The van der Waals surface area contributed by atoms with Gasteiger partial charge in [-0.3, -0.25) is 0 Å². The molecule has 0 radical (unpaired) electrons. The first kappa shape index (κ1) is 12.5. The number of benzene rings is 1. The average molecular weight is 273 g/mol. The molecular formula is C15H19N3S. The van der Waals surface area contributed by atoms with Crippen LogP contribution < -0.4 is 10.6 Å². The van der Waals surface area contributed by atoms with E-state index in [0.29, 0.717) is 11.9 Å². The third-order valence-corrected chi connectivity index (χ3v) is 4.91. The monoisotopic (exact) mass is 273 g/mol. The molecule has 1 aliphatic carbocycles. The van der Waals surface area contributed by atoms with Gasteiger partial charge in [0.15, 0.2) is 0 Å². The molecule has 19 heavy (non-hydrogen) atoms. The van der Waals surface area contributed by atoms with Gasteiger partial charge in [0.1, 0.15) is 10.8 Å². The fourth-order valence-electron chi connectivity index (χ4n) is 2.87. The smallest absolute Gasteiger partial charge is 0.147 e. The maximum atomic E-state index is 6.08. The zero-order chi connectivity index (χ0) is 13.2. The van der Waals surface area contributed by atoms with Crippen molar-refractivity contribution in [2.45, 2.75) is 31.7 Å². The fourth-order valence-corrected chi connectivity index (χ4v) is 3.74. The molecule has 1 aliphatic rings. The Kier molecular flexibility index (Phi) is 3.42.